The number of hydrogen-bond acceptors (Lipinski definition) is 2. The highest BCUT2D eigenvalue weighted by atomic mass is 32.1. The summed E-state index contributed by atoms with van der Waals surface area (Å²) in [6.07, 6.45) is 1.09. The van der Waals surface area contributed by atoms with Gasteiger partial charge in [-0.1, -0.05) is 11.8 Å². The monoisotopic (exact) mass is 176 g/mol. The second-order valence-electron chi connectivity index (χ2n) is 2.22. The van der Waals surface area contributed by atoms with Crippen molar-refractivity contribution in [2.24, 2.45) is 0 Å². The highest BCUT2D eigenvalue weighted by Crippen LogP contribution is 2.06. The third-order valence-electron chi connectivity index (χ3n) is 1.29. The van der Waals surface area contributed by atoms with Crippen LogP contribution in [0.1, 0.15) is 12.0 Å². The topological polar surface area (TPSA) is 17.1 Å². The van der Waals surface area contributed by atoms with Crippen molar-refractivity contribution in [1.29, 1.82) is 0 Å². The van der Waals surface area contributed by atoms with Crippen LogP contribution in [0.15, 0.2) is 29.2 Å². The van der Waals surface area contributed by atoms with Gasteiger partial charge in [-0.05, 0) is 24.3 Å². The Labute approximate surface area is 77.2 Å². The first-order valence-electron chi connectivity index (χ1n) is 3.54. The van der Waals surface area contributed by atoms with E-state index in [0.717, 1.165) is 16.7 Å². The van der Waals surface area contributed by atoms with Crippen molar-refractivity contribution in [3.05, 3.63) is 29.8 Å². The van der Waals surface area contributed by atoms with Crippen molar-refractivity contribution in [2.45, 2.75) is 11.3 Å². The minimum absolute atomic E-state index is 0.294. The fourth-order valence-electron chi connectivity index (χ4n) is 0.740. The van der Waals surface area contributed by atoms with Crippen molar-refractivity contribution in [2.75, 3.05) is 0 Å². The van der Waals surface area contributed by atoms with Crippen LogP contribution < -0.4 is 0 Å². The van der Waals surface area contributed by atoms with Crippen LogP contribution in [-0.4, -0.2) is 6.29 Å². The molecule has 1 nitrogen and oxygen atoms in total. The molecule has 0 aliphatic heterocycles. The molecule has 1 rings (SSSR count). The smallest absolute Gasteiger partial charge is 0.131 e. The summed E-state index contributed by atoms with van der Waals surface area (Å²) in [6, 6.07) is 7.49. The Morgan fingerprint density at radius 3 is 2.58 bits per heavy atom. The molecule has 0 fully saturated rings. The SMILES string of the molecule is O=CCC#Cc1ccc(S)cc1. The largest absolute Gasteiger partial charge is 0.302 e. The van der Waals surface area contributed by atoms with Crippen LogP contribution in [0.4, 0.5) is 0 Å². The minimum atomic E-state index is 0.294. The molecule has 0 atom stereocenters. The molecular weight excluding hydrogens is 168 g/mol. The Kier molecular flexibility index (Phi) is 3.43. The zero-order chi connectivity index (χ0) is 8.81. The van der Waals surface area contributed by atoms with Crippen molar-refractivity contribution in [3.63, 3.8) is 0 Å². The summed E-state index contributed by atoms with van der Waals surface area (Å²) in [4.78, 5) is 10.8. The van der Waals surface area contributed by atoms with Gasteiger partial charge in [0, 0.05) is 10.5 Å². The van der Waals surface area contributed by atoms with Crippen LogP contribution in [-0.2, 0) is 4.79 Å². The summed E-state index contributed by atoms with van der Waals surface area (Å²) in [5.74, 6) is 5.59. The van der Waals surface area contributed by atoms with Gasteiger partial charge in [0.1, 0.15) is 6.29 Å². The number of aldehydes is 1. The summed E-state index contributed by atoms with van der Waals surface area (Å²) >= 11 is 4.14. The lowest BCUT2D eigenvalue weighted by atomic mass is 10.2. The van der Waals surface area contributed by atoms with E-state index in [9.17, 15) is 4.79 Å². The molecule has 0 aromatic heterocycles. The molecule has 0 radical (unpaired) electrons. The number of benzene rings is 1. The van der Waals surface area contributed by atoms with Gasteiger partial charge in [0.15, 0.2) is 0 Å². The summed E-state index contributed by atoms with van der Waals surface area (Å²) in [5.41, 5.74) is 0.912. The molecular formula is C10H8OS. The van der Waals surface area contributed by atoms with Crippen LogP contribution in [0.5, 0.6) is 0 Å². The first-order valence-corrected chi connectivity index (χ1v) is 3.99. The maximum absolute atomic E-state index is 9.93. The van der Waals surface area contributed by atoms with Gasteiger partial charge in [-0.15, -0.1) is 12.6 Å². The number of carbonyl (C=O) groups is 1. The lowest BCUT2D eigenvalue weighted by Crippen LogP contribution is -1.73. The average molecular weight is 176 g/mol. The zero-order valence-electron chi connectivity index (χ0n) is 6.45. The van der Waals surface area contributed by atoms with E-state index in [0.29, 0.717) is 6.42 Å². The van der Waals surface area contributed by atoms with E-state index in [1.54, 1.807) is 0 Å². The van der Waals surface area contributed by atoms with E-state index in [1.807, 2.05) is 24.3 Å². The average Bonchev–Trinajstić information content (AvgIpc) is 2.09. The molecule has 0 unspecified atom stereocenters. The Balaban J connectivity index is 2.72. The van der Waals surface area contributed by atoms with Gasteiger partial charge in [-0.2, -0.15) is 0 Å². The van der Waals surface area contributed by atoms with E-state index in [1.165, 1.54) is 0 Å². The molecule has 0 spiro atoms. The second kappa shape index (κ2) is 4.63. The van der Waals surface area contributed by atoms with E-state index in [2.05, 4.69) is 24.5 Å². The van der Waals surface area contributed by atoms with E-state index >= 15 is 0 Å². The molecule has 1 aromatic carbocycles. The van der Waals surface area contributed by atoms with Crippen molar-refractivity contribution in [3.8, 4) is 11.8 Å². The number of rotatable bonds is 1. The van der Waals surface area contributed by atoms with Gasteiger partial charge in [0.2, 0.25) is 0 Å². The van der Waals surface area contributed by atoms with E-state index < -0.39 is 0 Å². The quantitative estimate of drug-likeness (QED) is 0.393. The molecule has 0 aliphatic carbocycles. The summed E-state index contributed by atoms with van der Waals surface area (Å²) in [6.45, 7) is 0. The Hall–Kier alpha value is -1.20. The van der Waals surface area contributed by atoms with Gasteiger partial charge in [0.05, 0.1) is 6.42 Å². The Bertz CT molecular complexity index is 316. The van der Waals surface area contributed by atoms with Crippen molar-refractivity contribution >= 4 is 18.9 Å². The molecule has 12 heavy (non-hydrogen) atoms. The van der Waals surface area contributed by atoms with Crippen LogP contribution >= 0.6 is 12.6 Å². The van der Waals surface area contributed by atoms with Gasteiger partial charge in [-0.3, -0.25) is 0 Å². The van der Waals surface area contributed by atoms with E-state index in [-0.39, 0.29) is 0 Å². The predicted molar refractivity (Wildman–Crippen MR) is 51.3 cm³/mol. The van der Waals surface area contributed by atoms with Crippen molar-refractivity contribution in [1.82, 2.24) is 0 Å². The lowest BCUT2D eigenvalue weighted by molar-refractivity contribution is -0.107. The Morgan fingerprint density at radius 1 is 1.33 bits per heavy atom. The molecule has 0 N–H and O–H groups in total. The predicted octanol–water partition coefficient (Wildman–Crippen LogP) is 1.92. The number of hydrogen-bond donors (Lipinski definition) is 1. The normalized spacial score (nSPS) is 8.42. The minimum Gasteiger partial charge on any atom is -0.302 e. The first-order chi connectivity index (χ1) is 5.83. The fraction of sp³-hybridized carbons (Fsp3) is 0.100. The molecule has 2 heteroatoms. The molecule has 0 saturated carbocycles. The number of thiol groups is 1. The highest BCUT2D eigenvalue weighted by Gasteiger charge is 1.85. The first kappa shape index (κ1) is 8.89. The molecule has 0 heterocycles. The van der Waals surface area contributed by atoms with Gasteiger partial charge < -0.3 is 4.79 Å². The maximum atomic E-state index is 9.93. The molecule has 60 valence electrons. The third-order valence-corrected chi connectivity index (χ3v) is 1.58. The summed E-state index contributed by atoms with van der Waals surface area (Å²) in [7, 11) is 0. The molecule has 0 saturated heterocycles. The van der Waals surface area contributed by atoms with Gasteiger partial charge >= 0.3 is 0 Å². The van der Waals surface area contributed by atoms with Gasteiger partial charge in [0.25, 0.3) is 0 Å². The highest BCUT2D eigenvalue weighted by molar-refractivity contribution is 7.80. The second-order valence-corrected chi connectivity index (χ2v) is 2.74. The van der Waals surface area contributed by atoms with Crippen LogP contribution in [0.3, 0.4) is 0 Å². The summed E-state index contributed by atoms with van der Waals surface area (Å²) < 4.78 is 0. The maximum Gasteiger partial charge on any atom is 0.131 e. The van der Waals surface area contributed by atoms with Crippen LogP contribution in [0.2, 0.25) is 0 Å². The van der Waals surface area contributed by atoms with Gasteiger partial charge in [-0.25, -0.2) is 0 Å². The van der Waals surface area contributed by atoms with Crippen LogP contribution in [0.25, 0.3) is 0 Å². The Morgan fingerprint density at radius 2 is 2.00 bits per heavy atom. The zero-order valence-corrected chi connectivity index (χ0v) is 7.34. The number of carbonyl (C=O) groups excluding carboxylic acids is 1. The van der Waals surface area contributed by atoms with Crippen LogP contribution in [0, 0.1) is 11.8 Å². The standard InChI is InChI=1S/C10H8OS/c11-8-2-1-3-9-4-6-10(12)7-5-9/h4-8,12H,2H2. The molecule has 1 aromatic rings. The molecule has 0 aliphatic rings. The summed E-state index contributed by atoms with van der Waals surface area (Å²) in [5, 5.41) is 0. The van der Waals surface area contributed by atoms with Crippen molar-refractivity contribution < 1.29 is 4.79 Å². The molecule has 0 bridgehead atoms. The lowest BCUT2D eigenvalue weighted by Gasteiger charge is -1.89. The fourth-order valence-corrected chi connectivity index (χ4v) is 0.889. The van der Waals surface area contributed by atoms with E-state index in [4.69, 9.17) is 0 Å². The third kappa shape index (κ3) is 2.81. The molecule has 0 amide bonds.